The molecular weight excluding hydrogens is 679 g/mol. The largest absolute Gasteiger partial charge is 0.310 e. The van der Waals surface area contributed by atoms with E-state index >= 15 is 0 Å². The van der Waals surface area contributed by atoms with Crippen LogP contribution in [0.3, 0.4) is 0 Å². The number of para-hydroxylation sites is 1. The number of fused-ring (bicyclic) bond motifs is 8. The van der Waals surface area contributed by atoms with E-state index in [1.807, 2.05) is 0 Å². The van der Waals surface area contributed by atoms with Gasteiger partial charge in [-0.1, -0.05) is 184 Å². The Morgan fingerprint density at radius 1 is 0.382 bits per heavy atom. The molecule has 0 N–H and O–H groups in total. The normalized spacial score (nSPS) is 14.3. The predicted octanol–water partition coefficient (Wildman–Crippen LogP) is 11.1. The second-order valence-corrected chi connectivity index (χ2v) is 19.3. The molecule has 0 saturated carbocycles. The zero-order valence-electron chi connectivity index (χ0n) is 31.0. The standard InChI is InChI=1S/C53H39NSi/c1-53(2)45-27-12-10-25-42(45)43-34-33-39(35-46(43)53)54(38-21-4-3-5-22-38)47-28-16-32-51-52(47)44-26-11-13-29-50(44)55(51,48-30-14-19-36-17-6-8-23-40(36)48)49-31-15-20-37-18-7-9-24-41(37)49/h3-35H,1-2H3. The highest BCUT2D eigenvalue weighted by molar-refractivity contribution is 7.23. The van der Waals surface area contributed by atoms with Gasteiger partial charge in [-0.2, -0.15) is 0 Å². The van der Waals surface area contributed by atoms with Crippen LogP contribution in [0.15, 0.2) is 200 Å². The fourth-order valence-corrected chi connectivity index (χ4v) is 15.8. The summed E-state index contributed by atoms with van der Waals surface area (Å²) in [4.78, 5) is 2.52. The first kappa shape index (κ1) is 32.0. The van der Waals surface area contributed by atoms with Crippen LogP contribution in [-0.2, 0) is 5.41 Å². The van der Waals surface area contributed by atoms with Crippen molar-refractivity contribution in [3.05, 3.63) is 211 Å². The van der Waals surface area contributed by atoms with Crippen molar-refractivity contribution in [2.24, 2.45) is 0 Å². The molecule has 0 atom stereocenters. The van der Waals surface area contributed by atoms with Crippen molar-refractivity contribution >= 4 is 67.4 Å². The lowest BCUT2D eigenvalue weighted by molar-refractivity contribution is 0.660. The van der Waals surface area contributed by atoms with Gasteiger partial charge in [-0.05, 0) is 100 Å². The Bertz CT molecular complexity index is 2890. The first-order chi connectivity index (χ1) is 27.1. The first-order valence-corrected chi connectivity index (χ1v) is 21.4. The minimum Gasteiger partial charge on any atom is -0.310 e. The van der Waals surface area contributed by atoms with Crippen LogP contribution in [0.2, 0.25) is 0 Å². The smallest absolute Gasteiger partial charge is 0.182 e. The average molecular weight is 718 g/mol. The quantitative estimate of drug-likeness (QED) is 0.160. The zero-order chi connectivity index (χ0) is 36.7. The molecule has 0 spiro atoms. The summed E-state index contributed by atoms with van der Waals surface area (Å²) < 4.78 is 0. The molecule has 9 aromatic rings. The maximum Gasteiger partial charge on any atom is 0.182 e. The number of hydrogen-bond donors (Lipinski definition) is 0. The monoisotopic (exact) mass is 717 g/mol. The molecular formula is C53H39NSi. The maximum atomic E-state index is 2.52. The maximum absolute atomic E-state index is 2.94. The number of benzene rings is 9. The van der Waals surface area contributed by atoms with Crippen LogP contribution in [0, 0.1) is 0 Å². The molecule has 260 valence electrons. The predicted molar refractivity (Wildman–Crippen MR) is 236 cm³/mol. The van der Waals surface area contributed by atoms with E-state index in [1.165, 1.54) is 87.0 Å². The third-order valence-electron chi connectivity index (χ3n) is 12.5. The zero-order valence-corrected chi connectivity index (χ0v) is 32.0. The van der Waals surface area contributed by atoms with E-state index in [9.17, 15) is 0 Å². The van der Waals surface area contributed by atoms with E-state index in [4.69, 9.17) is 0 Å². The molecule has 0 unspecified atom stereocenters. The molecule has 2 heteroatoms. The topological polar surface area (TPSA) is 3.24 Å². The van der Waals surface area contributed by atoms with Gasteiger partial charge in [0.25, 0.3) is 0 Å². The summed E-state index contributed by atoms with van der Waals surface area (Å²) in [6.45, 7) is 4.75. The first-order valence-electron chi connectivity index (χ1n) is 19.4. The third kappa shape index (κ3) is 4.46. The Balaban J connectivity index is 1.25. The number of nitrogens with zero attached hydrogens (tertiary/aromatic N) is 1. The highest BCUT2D eigenvalue weighted by Gasteiger charge is 2.51. The molecule has 0 radical (unpaired) electrons. The summed E-state index contributed by atoms with van der Waals surface area (Å²) in [5.41, 5.74) is 11.5. The molecule has 9 aromatic carbocycles. The SMILES string of the molecule is CC1(C)c2ccccc2-c2ccc(N(c3ccccc3)c3cccc4c3-c3ccccc3[Si]4(c3cccc4ccccc34)c3cccc4ccccc34)cc21. The van der Waals surface area contributed by atoms with Crippen LogP contribution in [0.4, 0.5) is 17.1 Å². The van der Waals surface area contributed by atoms with Crippen LogP contribution < -0.4 is 25.6 Å². The molecule has 1 aliphatic carbocycles. The van der Waals surface area contributed by atoms with E-state index in [-0.39, 0.29) is 5.41 Å². The van der Waals surface area contributed by atoms with Gasteiger partial charge in [0.05, 0.1) is 5.69 Å². The lowest BCUT2D eigenvalue weighted by atomic mass is 9.82. The fraction of sp³-hybridized carbons (Fsp3) is 0.0566. The summed E-state index contributed by atoms with van der Waals surface area (Å²) in [7, 11) is -2.94. The van der Waals surface area contributed by atoms with E-state index in [0.29, 0.717) is 0 Å². The summed E-state index contributed by atoms with van der Waals surface area (Å²) in [5.74, 6) is 0. The van der Waals surface area contributed by atoms with Crippen molar-refractivity contribution in [1.82, 2.24) is 0 Å². The fourth-order valence-electron chi connectivity index (χ4n) is 10.2. The van der Waals surface area contributed by atoms with Crippen molar-refractivity contribution in [2.75, 3.05) is 4.90 Å². The Hall–Kier alpha value is -6.48. The third-order valence-corrected chi connectivity index (χ3v) is 17.5. The van der Waals surface area contributed by atoms with Gasteiger partial charge < -0.3 is 4.90 Å². The Kier molecular flexibility index (Phi) is 6.99. The van der Waals surface area contributed by atoms with E-state index in [0.717, 1.165) is 5.69 Å². The van der Waals surface area contributed by atoms with Crippen molar-refractivity contribution in [3.63, 3.8) is 0 Å². The number of hydrogen-bond acceptors (Lipinski definition) is 1. The lowest BCUT2D eigenvalue weighted by Crippen LogP contribution is -2.73. The number of anilines is 3. The van der Waals surface area contributed by atoms with Crippen molar-refractivity contribution in [3.8, 4) is 22.3 Å². The van der Waals surface area contributed by atoms with Crippen LogP contribution in [-0.4, -0.2) is 8.07 Å². The molecule has 2 aliphatic rings. The summed E-state index contributed by atoms with van der Waals surface area (Å²) in [5, 5.41) is 11.0. The highest BCUT2D eigenvalue weighted by atomic mass is 28.3. The molecule has 1 aliphatic heterocycles. The number of rotatable bonds is 5. The van der Waals surface area contributed by atoms with Crippen molar-refractivity contribution in [1.29, 1.82) is 0 Å². The van der Waals surface area contributed by atoms with Crippen LogP contribution in [0.5, 0.6) is 0 Å². The summed E-state index contributed by atoms with van der Waals surface area (Å²) in [6, 6.07) is 75.5. The van der Waals surface area contributed by atoms with Gasteiger partial charge in [-0.3, -0.25) is 0 Å². The second kappa shape index (κ2) is 12.0. The van der Waals surface area contributed by atoms with Crippen LogP contribution in [0.1, 0.15) is 25.0 Å². The van der Waals surface area contributed by atoms with E-state index < -0.39 is 8.07 Å². The van der Waals surface area contributed by atoms with Gasteiger partial charge in [-0.25, -0.2) is 0 Å². The van der Waals surface area contributed by atoms with Gasteiger partial charge in [-0.15, -0.1) is 0 Å². The molecule has 11 rings (SSSR count). The molecule has 0 aromatic heterocycles. The molecule has 0 amide bonds. The van der Waals surface area contributed by atoms with Crippen LogP contribution >= 0.6 is 0 Å². The van der Waals surface area contributed by atoms with E-state index in [1.54, 1.807) is 0 Å². The van der Waals surface area contributed by atoms with Crippen molar-refractivity contribution < 1.29 is 0 Å². The molecule has 1 heterocycles. The molecule has 1 nitrogen and oxygen atoms in total. The minimum atomic E-state index is -2.94. The molecule has 0 fully saturated rings. The summed E-state index contributed by atoms with van der Waals surface area (Å²) in [6.07, 6.45) is 0. The second-order valence-electron chi connectivity index (χ2n) is 15.6. The summed E-state index contributed by atoms with van der Waals surface area (Å²) >= 11 is 0. The van der Waals surface area contributed by atoms with E-state index in [2.05, 4.69) is 219 Å². The highest BCUT2D eigenvalue weighted by Crippen LogP contribution is 2.51. The molecule has 55 heavy (non-hydrogen) atoms. The lowest BCUT2D eigenvalue weighted by Gasteiger charge is -2.34. The van der Waals surface area contributed by atoms with Crippen LogP contribution in [0.25, 0.3) is 43.8 Å². The Morgan fingerprint density at radius 3 is 1.64 bits per heavy atom. The average Bonchev–Trinajstić information content (AvgIpc) is 3.67. The Morgan fingerprint density at radius 2 is 0.909 bits per heavy atom. The molecule has 0 bridgehead atoms. The minimum absolute atomic E-state index is 0.111. The van der Waals surface area contributed by atoms with Crippen molar-refractivity contribution in [2.45, 2.75) is 19.3 Å². The molecule has 0 saturated heterocycles. The van der Waals surface area contributed by atoms with Gasteiger partial charge in [0.15, 0.2) is 8.07 Å². The van der Waals surface area contributed by atoms with Gasteiger partial charge in [0.1, 0.15) is 0 Å². The van der Waals surface area contributed by atoms with Gasteiger partial charge >= 0.3 is 0 Å². The van der Waals surface area contributed by atoms with Gasteiger partial charge in [0.2, 0.25) is 0 Å². The Labute approximate surface area is 323 Å². The van der Waals surface area contributed by atoms with Gasteiger partial charge in [0, 0.05) is 22.4 Å².